The van der Waals surface area contributed by atoms with E-state index in [1.807, 2.05) is 24.0 Å². The summed E-state index contributed by atoms with van der Waals surface area (Å²) < 4.78 is 13.1. The molecule has 0 unspecified atom stereocenters. The molecule has 0 bridgehead atoms. The Morgan fingerprint density at radius 2 is 2.25 bits per heavy atom. The molecule has 2 aromatic rings. The highest BCUT2D eigenvalue weighted by Gasteiger charge is 2.40. The van der Waals surface area contributed by atoms with Crippen molar-refractivity contribution in [2.45, 2.75) is 18.7 Å². The van der Waals surface area contributed by atoms with Crippen LogP contribution in [-0.4, -0.2) is 70.1 Å². The highest BCUT2D eigenvalue weighted by molar-refractivity contribution is 5.43. The molecule has 0 aliphatic carbocycles. The molecule has 2 aromatic heterocycles. The van der Waals surface area contributed by atoms with Gasteiger partial charge in [-0.25, -0.2) is 9.97 Å². The van der Waals surface area contributed by atoms with Gasteiger partial charge in [0.15, 0.2) is 0 Å². The molecule has 0 aromatic carbocycles. The molecule has 128 valence electrons. The van der Waals surface area contributed by atoms with Crippen LogP contribution >= 0.6 is 0 Å². The predicted molar refractivity (Wildman–Crippen MR) is 87.9 cm³/mol. The van der Waals surface area contributed by atoms with Gasteiger partial charge in [0.2, 0.25) is 5.88 Å². The zero-order chi connectivity index (χ0) is 16.5. The third-order valence-corrected chi connectivity index (χ3v) is 4.72. The van der Waals surface area contributed by atoms with Crippen LogP contribution in [0.15, 0.2) is 24.8 Å². The lowest BCUT2D eigenvalue weighted by atomic mass is 10.1. The number of hydrogen-bond acceptors (Lipinski definition) is 7. The minimum atomic E-state index is 0.205. The van der Waals surface area contributed by atoms with Crippen molar-refractivity contribution in [1.29, 1.82) is 0 Å². The maximum atomic E-state index is 6.00. The minimum Gasteiger partial charge on any atom is -0.481 e. The van der Waals surface area contributed by atoms with Crippen LogP contribution in [0.4, 0.5) is 5.82 Å². The van der Waals surface area contributed by atoms with E-state index >= 15 is 0 Å². The molecule has 24 heavy (non-hydrogen) atoms. The van der Waals surface area contributed by atoms with Gasteiger partial charge < -0.3 is 14.4 Å². The van der Waals surface area contributed by atoms with Gasteiger partial charge in [-0.2, -0.15) is 5.10 Å². The average Bonchev–Trinajstić information content (AvgIpc) is 3.22. The number of aryl methyl sites for hydroxylation is 1. The molecule has 8 nitrogen and oxygen atoms in total. The fourth-order valence-corrected chi connectivity index (χ4v) is 3.54. The third kappa shape index (κ3) is 2.94. The van der Waals surface area contributed by atoms with Gasteiger partial charge in [-0.1, -0.05) is 0 Å². The zero-order valence-electron chi connectivity index (χ0n) is 14.0. The minimum absolute atomic E-state index is 0.205. The first-order chi connectivity index (χ1) is 11.7. The van der Waals surface area contributed by atoms with Gasteiger partial charge in [0.05, 0.1) is 32.1 Å². The van der Waals surface area contributed by atoms with Gasteiger partial charge in [-0.3, -0.25) is 9.58 Å². The van der Waals surface area contributed by atoms with E-state index in [4.69, 9.17) is 9.47 Å². The first kappa shape index (κ1) is 15.3. The summed E-state index contributed by atoms with van der Waals surface area (Å²) in [6.07, 6.45) is 5.76. The van der Waals surface area contributed by atoms with Gasteiger partial charge in [0, 0.05) is 51.1 Å². The van der Waals surface area contributed by atoms with E-state index in [0.717, 1.165) is 38.6 Å². The number of hydrogen-bond donors (Lipinski definition) is 0. The molecule has 0 N–H and O–H groups in total. The summed E-state index contributed by atoms with van der Waals surface area (Å²) >= 11 is 0. The summed E-state index contributed by atoms with van der Waals surface area (Å²) in [6, 6.07) is 2.24. The van der Waals surface area contributed by atoms with Crippen molar-refractivity contribution in [3.8, 4) is 5.88 Å². The standard InChI is InChI=1S/C16H22N6O2/c1-20-7-12(6-19-20)8-21-3-4-24-14-10-22(9-13(14)21)15-5-16(23-2)18-11-17-15/h5-7,11,13-14H,3-4,8-10H2,1-2H3/t13-,14+/m1/s1. The Kier molecular flexibility index (Phi) is 4.07. The third-order valence-electron chi connectivity index (χ3n) is 4.72. The first-order valence-electron chi connectivity index (χ1n) is 8.17. The highest BCUT2D eigenvalue weighted by atomic mass is 16.5. The Morgan fingerprint density at radius 1 is 1.33 bits per heavy atom. The van der Waals surface area contributed by atoms with Crippen molar-refractivity contribution in [3.05, 3.63) is 30.4 Å². The molecule has 2 aliphatic heterocycles. The van der Waals surface area contributed by atoms with Crippen molar-refractivity contribution >= 4 is 5.82 Å². The molecule has 8 heteroatoms. The van der Waals surface area contributed by atoms with E-state index in [-0.39, 0.29) is 6.10 Å². The van der Waals surface area contributed by atoms with Gasteiger partial charge in [-0.15, -0.1) is 0 Å². The van der Waals surface area contributed by atoms with Crippen molar-refractivity contribution in [2.24, 2.45) is 7.05 Å². The lowest BCUT2D eigenvalue weighted by Gasteiger charge is -2.36. The monoisotopic (exact) mass is 330 g/mol. The summed E-state index contributed by atoms with van der Waals surface area (Å²) in [4.78, 5) is 13.2. The van der Waals surface area contributed by atoms with Crippen LogP contribution in [0.1, 0.15) is 5.56 Å². The largest absolute Gasteiger partial charge is 0.481 e. The molecule has 2 atom stereocenters. The van der Waals surface area contributed by atoms with Gasteiger partial charge in [-0.05, 0) is 0 Å². The van der Waals surface area contributed by atoms with Crippen molar-refractivity contribution < 1.29 is 9.47 Å². The number of nitrogens with zero attached hydrogens (tertiary/aromatic N) is 6. The number of anilines is 1. The second-order valence-corrected chi connectivity index (χ2v) is 6.29. The van der Waals surface area contributed by atoms with Gasteiger partial charge in [0.1, 0.15) is 12.1 Å². The van der Waals surface area contributed by atoms with Crippen LogP contribution in [-0.2, 0) is 18.3 Å². The molecule has 2 saturated heterocycles. The summed E-state index contributed by atoms with van der Waals surface area (Å²) in [5.74, 6) is 1.48. The second-order valence-electron chi connectivity index (χ2n) is 6.29. The van der Waals surface area contributed by atoms with E-state index in [1.54, 1.807) is 13.4 Å². The van der Waals surface area contributed by atoms with Crippen LogP contribution in [0.3, 0.4) is 0 Å². The number of methoxy groups -OCH3 is 1. The Morgan fingerprint density at radius 3 is 3.04 bits per heavy atom. The highest BCUT2D eigenvalue weighted by Crippen LogP contribution is 2.28. The Balaban J connectivity index is 1.49. The number of rotatable bonds is 4. The molecular formula is C16H22N6O2. The molecule has 2 aliphatic rings. The summed E-state index contributed by atoms with van der Waals surface area (Å²) in [5.41, 5.74) is 1.24. The number of fused-ring (bicyclic) bond motifs is 1. The topological polar surface area (TPSA) is 68.5 Å². The SMILES string of the molecule is COc1cc(N2C[C@@H]3OCCN(Cc4cnn(C)c4)[C@@H]3C2)ncn1. The van der Waals surface area contributed by atoms with Crippen LogP contribution in [0.25, 0.3) is 0 Å². The molecule has 0 spiro atoms. The average molecular weight is 330 g/mol. The molecule has 2 fully saturated rings. The lowest BCUT2D eigenvalue weighted by molar-refractivity contribution is -0.0499. The van der Waals surface area contributed by atoms with Crippen LogP contribution in [0, 0.1) is 0 Å². The molecular weight excluding hydrogens is 308 g/mol. The number of morpholine rings is 1. The summed E-state index contributed by atoms with van der Waals surface area (Å²) in [6.45, 7) is 4.35. The second kappa shape index (κ2) is 6.37. The summed E-state index contributed by atoms with van der Waals surface area (Å²) in [5, 5.41) is 4.27. The molecule has 0 radical (unpaired) electrons. The van der Waals surface area contributed by atoms with Crippen LogP contribution in [0.5, 0.6) is 5.88 Å². The van der Waals surface area contributed by atoms with E-state index in [0.29, 0.717) is 11.9 Å². The Hall–Kier alpha value is -2.19. The summed E-state index contributed by atoms with van der Waals surface area (Å²) in [7, 11) is 3.57. The van der Waals surface area contributed by atoms with Crippen molar-refractivity contribution in [3.63, 3.8) is 0 Å². The maximum absolute atomic E-state index is 6.00. The normalized spacial score (nSPS) is 24.2. The quantitative estimate of drug-likeness (QED) is 0.799. The smallest absolute Gasteiger partial charge is 0.218 e. The van der Waals surface area contributed by atoms with E-state index < -0.39 is 0 Å². The Labute approximate surface area is 141 Å². The van der Waals surface area contributed by atoms with E-state index in [2.05, 4.69) is 31.1 Å². The first-order valence-corrected chi connectivity index (χ1v) is 8.17. The van der Waals surface area contributed by atoms with Crippen molar-refractivity contribution in [1.82, 2.24) is 24.6 Å². The van der Waals surface area contributed by atoms with Crippen LogP contribution in [0.2, 0.25) is 0 Å². The predicted octanol–water partition coefficient (Wildman–Crippen LogP) is 0.308. The number of ether oxygens (including phenoxy) is 2. The van der Waals surface area contributed by atoms with Crippen molar-refractivity contribution in [2.75, 3.05) is 38.3 Å². The molecule has 4 heterocycles. The van der Waals surface area contributed by atoms with Gasteiger partial charge in [0.25, 0.3) is 0 Å². The van der Waals surface area contributed by atoms with E-state index in [9.17, 15) is 0 Å². The molecule has 0 amide bonds. The molecule has 0 saturated carbocycles. The fraction of sp³-hybridized carbons (Fsp3) is 0.562. The maximum Gasteiger partial charge on any atom is 0.218 e. The van der Waals surface area contributed by atoms with Crippen LogP contribution < -0.4 is 9.64 Å². The Bertz CT molecular complexity index is 705. The van der Waals surface area contributed by atoms with E-state index in [1.165, 1.54) is 5.56 Å². The zero-order valence-corrected chi connectivity index (χ0v) is 14.0. The lowest BCUT2D eigenvalue weighted by Crippen LogP contribution is -2.50. The fourth-order valence-electron chi connectivity index (χ4n) is 3.54. The number of aromatic nitrogens is 4. The van der Waals surface area contributed by atoms with Gasteiger partial charge >= 0.3 is 0 Å². The molecule has 4 rings (SSSR count).